The van der Waals surface area contributed by atoms with Gasteiger partial charge in [-0.15, -0.1) is 0 Å². The molecule has 0 unspecified atom stereocenters. The fourth-order valence-electron chi connectivity index (χ4n) is 2.01. The Morgan fingerprint density at radius 2 is 2.00 bits per heavy atom. The molecule has 3 rings (SSSR count). The predicted octanol–water partition coefficient (Wildman–Crippen LogP) is 2.93. The van der Waals surface area contributed by atoms with E-state index in [4.69, 9.17) is 0 Å². The van der Waals surface area contributed by atoms with Gasteiger partial charge in [-0.05, 0) is 35.0 Å². The summed E-state index contributed by atoms with van der Waals surface area (Å²) in [6, 6.07) is 7.92. The van der Waals surface area contributed by atoms with E-state index < -0.39 is 0 Å². The molecule has 6 heteroatoms. The topological polar surface area (TPSA) is 55.6 Å². The van der Waals surface area contributed by atoms with Crippen molar-refractivity contribution < 1.29 is 0 Å². The second-order valence-corrected chi connectivity index (χ2v) is 4.97. The lowest BCUT2D eigenvalue weighted by molar-refractivity contribution is 0.885. The molecule has 0 amide bonds. The summed E-state index contributed by atoms with van der Waals surface area (Å²) in [7, 11) is 1.84. The van der Waals surface area contributed by atoms with Crippen LogP contribution in [0.4, 0.5) is 5.82 Å². The van der Waals surface area contributed by atoms with E-state index in [2.05, 4.69) is 36.3 Å². The third kappa shape index (κ3) is 1.98. The maximum Gasteiger partial charge on any atom is 0.168 e. The summed E-state index contributed by atoms with van der Waals surface area (Å²) in [6.07, 6.45) is 1.78. The highest BCUT2D eigenvalue weighted by molar-refractivity contribution is 9.10. The molecule has 2 aromatic heterocycles. The van der Waals surface area contributed by atoms with Crippen LogP contribution in [0.15, 0.2) is 34.9 Å². The molecule has 0 bridgehead atoms. The standard InChI is InChI=1S/C13H12BrN5/c1-8-17-12(15-2)9-7-16-19(13(9)18-8)11-6-4-3-5-10(11)14/h3-7H,1-2H3,(H,15,17,18). The summed E-state index contributed by atoms with van der Waals surface area (Å²) in [5, 5.41) is 8.40. The quantitative estimate of drug-likeness (QED) is 0.789. The summed E-state index contributed by atoms with van der Waals surface area (Å²) in [5.74, 6) is 1.51. The van der Waals surface area contributed by atoms with Crippen molar-refractivity contribution in [2.75, 3.05) is 12.4 Å². The van der Waals surface area contributed by atoms with E-state index in [1.807, 2.05) is 42.9 Å². The van der Waals surface area contributed by atoms with Crippen molar-refractivity contribution in [3.05, 3.63) is 40.8 Å². The van der Waals surface area contributed by atoms with Crippen molar-refractivity contribution >= 4 is 32.8 Å². The number of anilines is 1. The highest BCUT2D eigenvalue weighted by atomic mass is 79.9. The summed E-state index contributed by atoms with van der Waals surface area (Å²) < 4.78 is 2.79. The first-order valence-corrected chi connectivity index (χ1v) is 6.65. The highest BCUT2D eigenvalue weighted by Crippen LogP contribution is 2.26. The summed E-state index contributed by atoms with van der Waals surface area (Å²) >= 11 is 3.54. The van der Waals surface area contributed by atoms with E-state index in [1.54, 1.807) is 6.20 Å². The molecule has 1 aromatic carbocycles. The van der Waals surface area contributed by atoms with Crippen LogP contribution in [0.25, 0.3) is 16.7 Å². The van der Waals surface area contributed by atoms with Crippen LogP contribution >= 0.6 is 15.9 Å². The molecule has 5 nitrogen and oxygen atoms in total. The number of fused-ring (bicyclic) bond motifs is 1. The number of hydrogen-bond acceptors (Lipinski definition) is 4. The van der Waals surface area contributed by atoms with Crippen LogP contribution in [0.3, 0.4) is 0 Å². The fourth-order valence-corrected chi connectivity index (χ4v) is 2.46. The van der Waals surface area contributed by atoms with Gasteiger partial charge >= 0.3 is 0 Å². The van der Waals surface area contributed by atoms with Gasteiger partial charge in [-0.25, -0.2) is 14.6 Å². The molecule has 0 aliphatic carbocycles. The molecular formula is C13H12BrN5. The second kappa shape index (κ2) is 4.62. The lowest BCUT2D eigenvalue weighted by atomic mass is 10.3. The first-order valence-electron chi connectivity index (χ1n) is 5.85. The Kier molecular flexibility index (Phi) is 2.94. The predicted molar refractivity (Wildman–Crippen MR) is 78.6 cm³/mol. The van der Waals surface area contributed by atoms with Crippen LogP contribution in [-0.4, -0.2) is 26.8 Å². The minimum absolute atomic E-state index is 0.714. The molecule has 96 valence electrons. The van der Waals surface area contributed by atoms with Gasteiger partial charge in [0, 0.05) is 11.5 Å². The molecule has 19 heavy (non-hydrogen) atoms. The fraction of sp³-hybridized carbons (Fsp3) is 0.154. The van der Waals surface area contributed by atoms with Crippen LogP contribution < -0.4 is 5.32 Å². The van der Waals surface area contributed by atoms with E-state index in [0.717, 1.165) is 27.0 Å². The Labute approximate surface area is 118 Å². The molecule has 3 aromatic rings. The molecule has 0 saturated carbocycles. The average molecular weight is 318 g/mol. The average Bonchev–Trinajstić information content (AvgIpc) is 2.82. The minimum Gasteiger partial charge on any atom is -0.372 e. The van der Waals surface area contributed by atoms with Gasteiger partial charge in [0.15, 0.2) is 5.65 Å². The Hall–Kier alpha value is -1.95. The Morgan fingerprint density at radius 1 is 1.21 bits per heavy atom. The molecule has 0 spiro atoms. The van der Waals surface area contributed by atoms with Crippen molar-refractivity contribution in [3.8, 4) is 5.69 Å². The van der Waals surface area contributed by atoms with Crippen LogP contribution in [-0.2, 0) is 0 Å². The smallest absolute Gasteiger partial charge is 0.168 e. The first-order chi connectivity index (χ1) is 9.20. The van der Waals surface area contributed by atoms with Crippen molar-refractivity contribution in [2.24, 2.45) is 0 Å². The number of nitrogens with zero attached hydrogens (tertiary/aromatic N) is 4. The van der Waals surface area contributed by atoms with Gasteiger partial charge in [0.1, 0.15) is 11.6 Å². The van der Waals surface area contributed by atoms with Crippen LogP contribution in [0.1, 0.15) is 5.82 Å². The number of aromatic nitrogens is 4. The van der Waals surface area contributed by atoms with E-state index in [1.165, 1.54) is 0 Å². The summed E-state index contributed by atoms with van der Waals surface area (Å²) in [6.45, 7) is 1.87. The highest BCUT2D eigenvalue weighted by Gasteiger charge is 2.13. The number of nitrogens with one attached hydrogen (secondary N) is 1. The van der Waals surface area contributed by atoms with Crippen LogP contribution in [0.2, 0.25) is 0 Å². The number of aryl methyl sites for hydroxylation is 1. The maximum atomic E-state index is 4.49. The number of para-hydroxylation sites is 1. The summed E-state index contributed by atoms with van der Waals surface area (Å²) in [5.41, 5.74) is 1.75. The third-order valence-corrected chi connectivity index (χ3v) is 3.53. The number of benzene rings is 1. The van der Waals surface area contributed by atoms with E-state index in [0.29, 0.717) is 5.82 Å². The molecule has 2 heterocycles. The maximum absolute atomic E-state index is 4.49. The lowest BCUT2D eigenvalue weighted by Crippen LogP contribution is -2.02. The van der Waals surface area contributed by atoms with Gasteiger partial charge in [0.25, 0.3) is 0 Å². The minimum atomic E-state index is 0.714. The molecule has 0 aliphatic heterocycles. The van der Waals surface area contributed by atoms with Gasteiger partial charge < -0.3 is 5.32 Å². The van der Waals surface area contributed by atoms with Crippen molar-refractivity contribution in [1.82, 2.24) is 19.7 Å². The SMILES string of the molecule is CNc1nc(C)nc2c1cnn2-c1ccccc1Br. The Bertz CT molecular complexity index is 750. The normalized spacial score (nSPS) is 10.9. The van der Waals surface area contributed by atoms with E-state index in [9.17, 15) is 0 Å². The van der Waals surface area contributed by atoms with Crippen molar-refractivity contribution in [2.45, 2.75) is 6.92 Å². The van der Waals surface area contributed by atoms with Gasteiger partial charge in [0.2, 0.25) is 0 Å². The van der Waals surface area contributed by atoms with E-state index >= 15 is 0 Å². The molecule has 0 saturated heterocycles. The van der Waals surface area contributed by atoms with Gasteiger partial charge in [-0.3, -0.25) is 0 Å². The van der Waals surface area contributed by atoms with Gasteiger partial charge in [-0.1, -0.05) is 12.1 Å². The Balaban J connectivity index is 2.32. The molecule has 0 fully saturated rings. The molecule has 0 radical (unpaired) electrons. The zero-order chi connectivity index (χ0) is 13.4. The molecule has 0 atom stereocenters. The van der Waals surface area contributed by atoms with Crippen LogP contribution in [0, 0.1) is 6.92 Å². The molecular weight excluding hydrogens is 306 g/mol. The molecule has 0 aliphatic rings. The number of halogens is 1. The van der Waals surface area contributed by atoms with Gasteiger partial charge in [-0.2, -0.15) is 5.10 Å². The first kappa shape index (κ1) is 12.1. The monoisotopic (exact) mass is 317 g/mol. The van der Waals surface area contributed by atoms with Gasteiger partial charge in [0.05, 0.1) is 17.3 Å². The number of hydrogen-bond donors (Lipinski definition) is 1. The molecule has 1 N–H and O–H groups in total. The van der Waals surface area contributed by atoms with Crippen LogP contribution in [0.5, 0.6) is 0 Å². The zero-order valence-electron chi connectivity index (χ0n) is 10.6. The third-order valence-electron chi connectivity index (χ3n) is 2.86. The Morgan fingerprint density at radius 3 is 2.74 bits per heavy atom. The summed E-state index contributed by atoms with van der Waals surface area (Å²) in [4.78, 5) is 8.85. The zero-order valence-corrected chi connectivity index (χ0v) is 12.1. The van der Waals surface area contributed by atoms with Crippen molar-refractivity contribution in [1.29, 1.82) is 0 Å². The number of rotatable bonds is 2. The lowest BCUT2D eigenvalue weighted by Gasteiger charge is -2.07. The van der Waals surface area contributed by atoms with E-state index in [-0.39, 0.29) is 0 Å². The van der Waals surface area contributed by atoms with Crippen molar-refractivity contribution in [3.63, 3.8) is 0 Å². The largest absolute Gasteiger partial charge is 0.372 e. The second-order valence-electron chi connectivity index (χ2n) is 4.11.